The molecule has 0 saturated carbocycles. The van der Waals surface area contributed by atoms with Crippen molar-refractivity contribution in [2.45, 2.75) is 36.1 Å². The molecule has 1 nitrogen and oxygen atoms in total. The Morgan fingerprint density at radius 1 is 1.10 bits per heavy atom. The van der Waals surface area contributed by atoms with E-state index in [2.05, 4.69) is 43.4 Å². The summed E-state index contributed by atoms with van der Waals surface area (Å²) in [6.07, 6.45) is 1.14. The van der Waals surface area contributed by atoms with E-state index in [1.165, 1.54) is 5.56 Å². The lowest BCUT2D eigenvalue weighted by Crippen LogP contribution is -2.19. The molecule has 0 heterocycles. The second-order valence-electron chi connectivity index (χ2n) is 4.92. The molecule has 21 heavy (non-hydrogen) atoms. The Balaban J connectivity index is 2.07. The fourth-order valence-electron chi connectivity index (χ4n) is 1.99. The van der Waals surface area contributed by atoms with Crippen molar-refractivity contribution >= 4 is 35.0 Å². The van der Waals surface area contributed by atoms with Crippen LogP contribution in [0.25, 0.3) is 0 Å². The summed E-state index contributed by atoms with van der Waals surface area (Å²) in [5, 5.41) is 4.92. The van der Waals surface area contributed by atoms with Gasteiger partial charge >= 0.3 is 0 Å². The minimum atomic E-state index is 0.374. The van der Waals surface area contributed by atoms with E-state index in [9.17, 15) is 0 Å². The van der Waals surface area contributed by atoms with Crippen molar-refractivity contribution in [1.82, 2.24) is 5.32 Å². The first-order valence-electron chi connectivity index (χ1n) is 7.06. The highest BCUT2D eigenvalue weighted by molar-refractivity contribution is 7.99. The monoisotopic (exact) mass is 339 g/mol. The van der Waals surface area contributed by atoms with Crippen LogP contribution in [0, 0.1) is 0 Å². The lowest BCUT2D eigenvalue weighted by Gasteiger charge is -2.14. The number of halogens is 2. The van der Waals surface area contributed by atoms with Crippen LogP contribution in [-0.4, -0.2) is 6.54 Å². The molecule has 112 valence electrons. The second kappa shape index (κ2) is 8.09. The Hall–Kier alpha value is -0.670. The van der Waals surface area contributed by atoms with Crippen LogP contribution >= 0.6 is 35.0 Å². The number of hydrogen-bond acceptors (Lipinski definition) is 2. The maximum Gasteiger partial charge on any atom is 0.0546 e. The van der Waals surface area contributed by atoms with E-state index >= 15 is 0 Å². The van der Waals surface area contributed by atoms with Crippen LogP contribution < -0.4 is 5.32 Å². The topological polar surface area (TPSA) is 12.0 Å². The lowest BCUT2D eigenvalue weighted by atomic mass is 10.1. The SMILES string of the molecule is CCCNC(C)c1ccc(Sc2cc(Cl)ccc2Cl)cc1. The second-order valence-corrected chi connectivity index (χ2v) is 6.88. The Labute approximate surface area is 141 Å². The van der Waals surface area contributed by atoms with E-state index in [0.29, 0.717) is 11.1 Å². The number of hydrogen-bond donors (Lipinski definition) is 1. The summed E-state index contributed by atoms with van der Waals surface area (Å²) < 4.78 is 0. The van der Waals surface area contributed by atoms with Gasteiger partial charge in [-0.25, -0.2) is 0 Å². The fraction of sp³-hybridized carbons (Fsp3) is 0.294. The smallest absolute Gasteiger partial charge is 0.0546 e. The highest BCUT2D eigenvalue weighted by Gasteiger charge is 2.06. The molecule has 1 N–H and O–H groups in total. The van der Waals surface area contributed by atoms with Gasteiger partial charge in [-0.15, -0.1) is 0 Å². The first kappa shape index (κ1) is 16.7. The normalized spacial score (nSPS) is 12.4. The third-order valence-electron chi connectivity index (χ3n) is 3.20. The predicted molar refractivity (Wildman–Crippen MR) is 93.7 cm³/mol. The zero-order valence-corrected chi connectivity index (χ0v) is 14.5. The molecule has 0 saturated heterocycles. The molecule has 2 aromatic rings. The molecule has 2 rings (SSSR count). The highest BCUT2D eigenvalue weighted by Crippen LogP contribution is 2.35. The van der Waals surface area contributed by atoms with Gasteiger partial charge in [0.1, 0.15) is 0 Å². The summed E-state index contributed by atoms with van der Waals surface area (Å²) in [5.74, 6) is 0. The van der Waals surface area contributed by atoms with Crippen LogP contribution in [-0.2, 0) is 0 Å². The van der Waals surface area contributed by atoms with Crippen molar-refractivity contribution in [3.05, 3.63) is 58.1 Å². The quantitative estimate of drug-likeness (QED) is 0.671. The summed E-state index contributed by atoms with van der Waals surface area (Å²) in [6.45, 7) is 5.40. The highest BCUT2D eigenvalue weighted by atomic mass is 35.5. The molecule has 0 radical (unpaired) electrons. The number of benzene rings is 2. The molecule has 0 aliphatic heterocycles. The number of nitrogens with one attached hydrogen (secondary N) is 1. The van der Waals surface area contributed by atoms with E-state index in [-0.39, 0.29) is 0 Å². The third kappa shape index (κ3) is 4.93. The average molecular weight is 340 g/mol. The summed E-state index contributed by atoms with van der Waals surface area (Å²) in [7, 11) is 0. The van der Waals surface area contributed by atoms with Crippen molar-refractivity contribution in [1.29, 1.82) is 0 Å². The molecule has 0 amide bonds. The van der Waals surface area contributed by atoms with Crippen molar-refractivity contribution in [3.63, 3.8) is 0 Å². The van der Waals surface area contributed by atoms with Crippen LogP contribution in [0.3, 0.4) is 0 Å². The molecular weight excluding hydrogens is 321 g/mol. The summed E-state index contributed by atoms with van der Waals surface area (Å²) in [4.78, 5) is 2.14. The van der Waals surface area contributed by atoms with E-state index in [4.69, 9.17) is 23.2 Å². The van der Waals surface area contributed by atoms with Crippen molar-refractivity contribution < 1.29 is 0 Å². The van der Waals surface area contributed by atoms with Gasteiger partial charge < -0.3 is 5.32 Å². The number of rotatable bonds is 6. The third-order valence-corrected chi connectivity index (χ3v) is 4.94. The van der Waals surface area contributed by atoms with Crippen LogP contribution in [0.5, 0.6) is 0 Å². The predicted octanol–water partition coefficient (Wildman–Crippen LogP) is 6.21. The average Bonchev–Trinajstić information content (AvgIpc) is 2.49. The summed E-state index contributed by atoms with van der Waals surface area (Å²) >= 11 is 13.8. The van der Waals surface area contributed by atoms with Crippen molar-refractivity contribution in [2.75, 3.05) is 6.54 Å². The molecule has 4 heteroatoms. The van der Waals surface area contributed by atoms with Crippen LogP contribution in [0.4, 0.5) is 0 Å². The Bertz CT molecular complexity index is 584. The van der Waals surface area contributed by atoms with E-state index in [0.717, 1.165) is 27.8 Å². The van der Waals surface area contributed by atoms with Gasteiger partial charge in [0.15, 0.2) is 0 Å². The van der Waals surface area contributed by atoms with E-state index in [1.54, 1.807) is 17.8 Å². The molecule has 0 bridgehead atoms. The maximum atomic E-state index is 6.20. The lowest BCUT2D eigenvalue weighted by molar-refractivity contribution is 0.570. The largest absolute Gasteiger partial charge is 0.310 e. The zero-order valence-electron chi connectivity index (χ0n) is 12.2. The van der Waals surface area contributed by atoms with Crippen LogP contribution in [0.2, 0.25) is 10.0 Å². The van der Waals surface area contributed by atoms with Crippen molar-refractivity contribution in [3.8, 4) is 0 Å². The molecule has 0 aromatic heterocycles. The van der Waals surface area contributed by atoms with Gasteiger partial charge in [-0.2, -0.15) is 0 Å². The van der Waals surface area contributed by atoms with Crippen LogP contribution in [0.15, 0.2) is 52.3 Å². The Morgan fingerprint density at radius 3 is 2.48 bits per heavy atom. The zero-order chi connectivity index (χ0) is 15.2. The van der Waals surface area contributed by atoms with Gasteiger partial charge in [0.05, 0.1) is 5.02 Å². The minimum absolute atomic E-state index is 0.374. The van der Waals surface area contributed by atoms with Gasteiger partial charge in [-0.05, 0) is 55.8 Å². The van der Waals surface area contributed by atoms with Gasteiger partial charge in [0.2, 0.25) is 0 Å². The first-order valence-corrected chi connectivity index (χ1v) is 8.63. The molecule has 0 fully saturated rings. The standard InChI is InChI=1S/C17H19Cl2NS/c1-3-10-20-12(2)13-4-7-15(8-5-13)21-17-11-14(18)6-9-16(17)19/h4-9,11-12,20H,3,10H2,1-2H3. The first-order chi connectivity index (χ1) is 10.1. The van der Waals surface area contributed by atoms with Gasteiger partial charge in [0, 0.05) is 20.9 Å². The molecule has 0 spiro atoms. The summed E-state index contributed by atoms with van der Waals surface area (Å²) in [5.41, 5.74) is 1.30. The Kier molecular flexibility index (Phi) is 6.43. The van der Waals surface area contributed by atoms with E-state index in [1.807, 2.05) is 12.1 Å². The molecule has 1 atom stereocenters. The summed E-state index contributed by atoms with van der Waals surface area (Å²) in [6, 6.07) is 14.5. The van der Waals surface area contributed by atoms with Crippen molar-refractivity contribution in [2.24, 2.45) is 0 Å². The van der Waals surface area contributed by atoms with Gasteiger partial charge in [-0.3, -0.25) is 0 Å². The molecular formula is C17H19Cl2NS. The molecule has 0 aliphatic rings. The maximum absolute atomic E-state index is 6.20. The molecule has 1 unspecified atom stereocenters. The van der Waals surface area contributed by atoms with Gasteiger partial charge in [0.25, 0.3) is 0 Å². The molecule has 0 aliphatic carbocycles. The Morgan fingerprint density at radius 2 is 1.81 bits per heavy atom. The van der Waals surface area contributed by atoms with E-state index < -0.39 is 0 Å². The molecule has 2 aromatic carbocycles. The van der Waals surface area contributed by atoms with Crippen LogP contribution in [0.1, 0.15) is 31.9 Å². The van der Waals surface area contributed by atoms with Gasteiger partial charge in [-0.1, -0.05) is 54.0 Å². The minimum Gasteiger partial charge on any atom is -0.310 e. The fourth-order valence-corrected chi connectivity index (χ4v) is 3.33.